The Morgan fingerprint density at radius 3 is 2.59 bits per heavy atom. The number of carbonyl (C=O) groups excluding carboxylic acids is 2. The highest BCUT2D eigenvalue weighted by molar-refractivity contribution is 6.31. The van der Waals surface area contributed by atoms with Crippen LogP contribution in [-0.4, -0.2) is 29.9 Å². The fourth-order valence-electron chi connectivity index (χ4n) is 3.37. The maximum atomic E-state index is 13.3. The van der Waals surface area contributed by atoms with Gasteiger partial charge in [0.15, 0.2) is 0 Å². The molecule has 3 rings (SSSR count). The molecule has 0 aromatic heterocycles. The van der Waals surface area contributed by atoms with E-state index in [1.165, 1.54) is 30.3 Å². The molecule has 0 saturated carbocycles. The number of nitrogens with zero attached hydrogens (tertiary/aromatic N) is 1. The SMILES string of the molecule is C[C@@]1(C(=O)NCc2ccc(F)cc2)CCCN(C(=O)Nc2ccc(F)c(Cl)c2)C1. The Balaban J connectivity index is 1.60. The molecule has 29 heavy (non-hydrogen) atoms. The third-order valence-electron chi connectivity index (χ3n) is 5.07. The minimum atomic E-state index is -0.740. The highest BCUT2D eigenvalue weighted by atomic mass is 35.5. The number of benzene rings is 2. The summed E-state index contributed by atoms with van der Waals surface area (Å²) in [6.45, 7) is 2.88. The number of anilines is 1. The van der Waals surface area contributed by atoms with Gasteiger partial charge in [-0.3, -0.25) is 4.79 Å². The fraction of sp³-hybridized carbons (Fsp3) is 0.333. The molecular formula is C21H22ClF2N3O2. The first kappa shape index (κ1) is 21.0. The van der Waals surface area contributed by atoms with Gasteiger partial charge in [-0.05, 0) is 55.7 Å². The van der Waals surface area contributed by atoms with Crippen molar-refractivity contribution in [3.8, 4) is 0 Å². The number of carbonyl (C=O) groups is 2. The molecule has 2 aromatic carbocycles. The maximum absolute atomic E-state index is 13.3. The molecule has 2 aromatic rings. The lowest BCUT2D eigenvalue weighted by Crippen LogP contribution is -2.52. The van der Waals surface area contributed by atoms with Crippen molar-refractivity contribution in [1.29, 1.82) is 0 Å². The average molecular weight is 422 g/mol. The zero-order valence-electron chi connectivity index (χ0n) is 16.0. The van der Waals surface area contributed by atoms with Crippen LogP contribution in [0.3, 0.4) is 0 Å². The Bertz CT molecular complexity index is 907. The third kappa shape index (κ3) is 5.23. The van der Waals surface area contributed by atoms with E-state index in [-0.39, 0.29) is 35.9 Å². The predicted molar refractivity (Wildman–Crippen MR) is 108 cm³/mol. The number of amides is 3. The molecule has 0 aliphatic carbocycles. The van der Waals surface area contributed by atoms with Gasteiger partial charge in [-0.1, -0.05) is 23.7 Å². The summed E-state index contributed by atoms with van der Waals surface area (Å²) in [6.07, 6.45) is 1.33. The summed E-state index contributed by atoms with van der Waals surface area (Å²) < 4.78 is 26.3. The maximum Gasteiger partial charge on any atom is 0.321 e. The summed E-state index contributed by atoms with van der Waals surface area (Å²) >= 11 is 5.75. The molecular weight excluding hydrogens is 400 g/mol. The van der Waals surface area contributed by atoms with E-state index in [4.69, 9.17) is 11.6 Å². The van der Waals surface area contributed by atoms with E-state index in [0.717, 1.165) is 5.56 Å². The highest BCUT2D eigenvalue weighted by Gasteiger charge is 2.39. The first-order valence-electron chi connectivity index (χ1n) is 9.30. The van der Waals surface area contributed by atoms with E-state index in [0.29, 0.717) is 25.1 Å². The van der Waals surface area contributed by atoms with E-state index >= 15 is 0 Å². The second kappa shape index (κ2) is 8.78. The van der Waals surface area contributed by atoms with E-state index in [9.17, 15) is 18.4 Å². The molecule has 2 N–H and O–H groups in total. The molecule has 154 valence electrons. The Morgan fingerprint density at radius 1 is 1.17 bits per heavy atom. The van der Waals surface area contributed by atoms with Gasteiger partial charge in [-0.15, -0.1) is 0 Å². The van der Waals surface area contributed by atoms with Crippen molar-refractivity contribution >= 4 is 29.2 Å². The van der Waals surface area contributed by atoms with Crippen LogP contribution in [0.1, 0.15) is 25.3 Å². The first-order valence-corrected chi connectivity index (χ1v) is 9.68. The standard InChI is InChI=1S/C21H22ClF2N3O2/c1-21(19(28)25-12-14-3-5-15(23)6-4-14)9-2-10-27(13-21)20(29)26-16-7-8-18(24)17(22)11-16/h3-8,11H,2,9-10,12-13H2,1H3,(H,25,28)(H,26,29)/t21-/m1/s1. The fourth-order valence-corrected chi connectivity index (χ4v) is 3.55. The van der Waals surface area contributed by atoms with Crippen LogP contribution >= 0.6 is 11.6 Å². The van der Waals surface area contributed by atoms with E-state index in [2.05, 4.69) is 10.6 Å². The lowest BCUT2D eigenvalue weighted by Gasteiger charge is -2.39. The van der Waals surface area contributed by atoms with Crippen LogP contribution in [0, 0.1) is 17.0 Å². The monoisotopic (exact) mass is 421 g/mol. The van der Waals surface area contributed by atoms with Crippen molar-refractivity contribution in [2.45, 2.75) is 26.3 Å². The van der Waals surface area contributed by atoms with Crippen LogP contribution in [0.25, 0.3) is 0 Å². The van der Waals surface area contributed by atoms with E-state index in [1.54, 1.807) is 17.0 Å². The minimum Gasteiger partial charge on any atom is -0.351 e. The van der Waals surface area contributed by atoms with Crippen molar-refractivity contribution in [3.63, 3.8) is 0 Å². The second-order valence-corrected chi connectivity index (χ2v) is 7.86. The molecule has 1 aliphatic rings. The minimum absolute atomic E-state index is 0.0774. The Morgan fingerprint density at radius 2 is 1.90 bits per heavy atom. The Kier molecular flexibility index (Phi) is 6.37. The van der Waals surface area contributed by atoms with Crippen molar-refractivity contribution in [2.24, 2.45) is 5.41 Å². The summed E-state index contributed by atoms with van der Waals surface area (Å²) in [4.78, 5) is 26.9. The number of urea groups is 1. The van der Waals surface area contributed by atoms with Gasteiger partial charge < -0.3 is 15.5 Å². The predicted octanol–water partition coefficient (Wildman–Crippen LogP) is 4.57. The van der Waals surface area contributed by atoms with Crippen LogP contribution in [-0.2, 0) is 11.3 Å². The molecule has 1 aliphatic heterocycles. The van der Waals surface area contributed by atoms with Gasteiger partial charge >= 0.3 is 6.03 Å². The molecule has 1 fully saturated rings. The summed E-state index contributed by atoms with van der Waals surface area (Å²) in [7, 11) is 0. The molecule has 0 spiro atoms. The number of rotatable bonds is 4. The molecule has 1 heterocycles. The van der Waals surface area contributed by atoms with Gasteiger partial charge in [0.1, 0.15) is 11.6 Å². The van der Waals surface area contributed by atoms with Crippen LogP contribution in [0.2, 0.25) is 5.02 Å². The van der Waals surface area contributed by atoms with Crippen LogP contribution in [0.4, 0.5) is 19.3 Å². The lowest BCUT2D eigenvalue weighted by molar-refractivity contribution is -0.132. The highest BCUT2D eigenvalue weighted by Crippen LogP contribution is 2.30. The van der Waals surface area contributed by atoms with E-state index in [1.807, 2.05) is 6.92 Å². The largest absolute Gasteiger partial charge is 0.351 e. The zero-order chi connectivity index (χ0) is 21.0. The number of halogens is 3. The van der Waals surface area contributed by atoms with Gasteiger partial charge in [-0.2, -0.15) is 0 Å². The number of piperidine rings is 1. The second-order valence-electron chi connectivity index (χ2n) is 7.45. The van der Waals surface area contributed by atoms with Gasteiger partial charge in [0.25, 0.3) is 0 Å². The van der Waals surface area contributed by atoms with Crippen molar-refractivity contribution in [2.75, 3.05) is 18.4 Å². The van der Waals surface area contributed by atoms with Crippen LogP contribution < -0.4 is 10.6 Å². The van der Waals surface area contributed by atoms with Gasteiger partial charge in [0, 0.05) is 25.3 Å². The molecule has 1 atom stereocenters. The molecule has 3 amide bonds. The van der Waals surface area contributed by atoms with Gasteiger partial charge in [0.2, 0.25) is 5.91 Å². The van der Waals surface area contributed by atoms with Crippen molar-refractivity contribution < 1.29 is 18.4 Å². The summed E-state index contributed by atoms with van der Waals surface area (Å²) in [5.74, 6) is -1.05. The normalized spacial score (nSPS) is 19.0. The molecule has 0 radical (unpaired) electrons. The first-order chi connectivity index (χ1) is 13.8. The molecule has 8 heteroatoms. The number of hydrogen-bond acceptors (Lipinski definition) is 2. The molecule has 0 unspecified atom stereocenters. The number of likely N-dealkylation sites (tertiary alicyclic amines) is 1. The summed E-state index contributed by atoms with van der Waals surface area (Å²) in [5, 5.41) is 5.48. The Hall–Kier alpha value is -2.67. The zero-order valence-corrected chi connectivity index (χ0v) is 16.7. The summed E-state index contributed by atoms with van der Waals surface area (Å²) in [6, 6.07) is 9.50. The van der Waals surface area contributed by atoms with Crippen molar-refractivity contribution in [1.82, 2.24) is 10.2 Å². The summed E-state index contributed by atoms with van der Waals surface area (Å²) in [5.41, 5.74) is 0.437. The topological polar surface area (TPSA) is 61.4 Å². The number of nitrogens with one attached hydrogen (secondary N) is 2. The van der Waals surface area contributed by atoms with Crippen LogP contribution in [0.5, 0.6) is 0 Å². The molecule has 1 saturated heterocycles. The third-order valence-corrected chi connectivity index (χ3v) is 5.36. The molecule has 0 bridgehead atoms. The van der Waals surface area contributed by atoms with Crippen LogP contribution in [0.15, 0.2) is 42.5 Å². The van der Waals surface area contributed by atoms with E-state index < -0.39 is 11.2 Å². The smallest absolute Gasteiger partial charge is 0.321 e. The lowest BCUT2D eigenvalue weighted by atomic mass is 9.81. The van der Waals surface area contributed by atoms with Gasteiger partial charge in [-0.25, -0.2) is 13.6 Å². The quantitative estimate of drug-likeness (QED) is 0.759. The average Bonchev–Trinajstić information content (AvgIpc) is 2.70. The Labute approximate surface area is 173 Å². The van der Waals surface area contributed by atoms with Crippen molar-refractivity contribution in [3.05, 3.63) is 64.7 Å². The molecule has 5 nitrogen and oxygen atoms in total. The van der Waals surface area contributed by atoms with Gasteiger partial charge in [0.05, 0.1) is 10.4 Å². The number of hydrogen-bond donors (Lipinski definition) is 2.